The van der Waals surface area contributed by atoms with Crippen LogP contribution in [0.2, 0.25) is 0 Å². The number of fused-ring (bicyclic) bond motifs is 1. The van der Waals surface area contributed by atoms with Gasteiger partial charge in [-0.2, -0.15) is 0 Å². The lowest BCUT2D eigenvalue weighted by Gasteiger charge is -2.07. The van der Waals surface area contributed by atoms with Gasteiger partial charge in [0.1, 0.15) is 0 Å². The molecule has 3 rings (SSSR count). The summed E-state index contributed by atoms with van der Waals surface area (Å²) in [5.74, 6) is -0.000458. The number of carbonyl (C=O) groups is 1. The summed E-state index contributed by atoms with van der Waals surface area (Å²) in [5.41, 5.74) is 1.97. The molecule has 4 nitrogen and oxygen atoms in total. The highest BCUT2D eigenvalue weighted by atomic mass is 16.4. The normalized spacial score (nSPS) is 16.1. The van der Waals surface area contributed by atoms with Crippen molar-refractivity contribution in [2.24, 2.45) is 5.92 Å². The molecule has 2 aromatic rings. The van der Waals surface area contributed by atoms with Crippen molar-refractivity contribution in [2.45, 2.75) is 45.6 Å². The first-order valence-corrected chi connectivity index (χ1v) is 7.38. The Labute approximate surface area is 117 Å². The Morgan fingerprint density at radius 3 is 2.80 bits per heavy atom. The average molecular weight is 273 g/mol. The van der Waals surface area contributed by atoms with Crippen LogP contribution in [-0.2, 0) is 6.54 Å². The summed E-state index contributed by atoms with van der Waals surface area (Å²) < 4.78 is 6.88. The van der Waals surface area contributed by atoms with Crippen molar-refractivity contribution in [3.8, 4) is 0 Å². The van der Waals surface area contributed by atoms with E-state index in [0.717, 1.165) is 37.6 Å². The summed E-state index contributed by atoms with van der Waals surface area (Å²) in [4.78, 5) is 24.2. The monoisotopic (exact) mass is 273 g/mol. The highest BCUT2D eigenvalue weighted by molar-refractivity contribution is 6.00. The van der Waals surface area contributed by atoms with Crippen LogP contribution in [0.25, 0.3) is 11.1 Å². The van der Waals surface area contributed by atoms with E-state index >= 15 is 0 Å². The third kappa shape index (κ3) is 2.19. The molecular weight excluding hydrogens is 254 g/mol. The number of carbonyl (C=O) groups excluding carboxylic acids is 1. The fourth-order valence-electron chi connectivity index (χ4n) is 3.08. The molecule has 106 valence electrons. The summed E-state index contributed by atoms with van der Waals surface area (Å²) in [6, 6.07) is 5.38. The second-order valence-electron chi connectivity index (χ2n) is 5.55. The predicted molar refractivity (Wildman–Crippen MR) is 77.1 cm³/mol. The van der Waals surface area contributed by atoms with Gasteiger partial charge in [-0.15, -0.1) is 0 Å². The Kier molecular flexibility index (Phi) is 3.47. The lowest BCUT2D eigenvalue weighted by Crippen LogP contribution is -2.13. The van der Waals surface area contributed by atoms with E-state index in [2.05, 4.69) is 0 Å². The van der Waals surface area contributed by atoms with E-state index in [1.165, 1.54) is 0 Å². The topological polar surface area (TPSA) is 52.2 Å². The van der Waals surface area contributed by atoms with Gasteiger partial charge in [-0.1, -0.05) is 19.8 Å². The third-order valence-electron chi connectivity index (χ3n) is 4.13. The summed E-state index contributed by atoms with van der Waals surface area (Å²) in [6.45, 7) is 2.66. The number of hydrogen-bond donors (Lipinski definition) is 0. The van der Waals surface area contributed by atoms with Gasteiger partial charge in [0.05, 0.1) is 5.52 Å². The van der Waals surface area contributed by atoms with E-state index in [4.69, 9.17) is 4.42 Å². The number of oxazole rings is 1. The van der Waals surface area contributed by atoms with Crippen LogP contribution in [0.1, 0.15) is 49.4 Å². The zero-order valence-electron chi connectivity index (χ0n) is 11.7. The molecule has 0 saturated heterocycles. The SMILES string of the molecule is CCCn1c(=O)oc2cc(C(=O)C3CCCC3)ccc21. The number of hydrogen-bond acceptors (Lipinski definition) is 3. The maximum atomic E-state index is 12.4. The first-order valence-electron chi connectivity index (χ1n) is 7.38. The summed E-state index contributed by atoms with van der Waals surface area (Å²) >= 11 is 0. The maximum Gasteiger partial charge on any atom is 0.419 e. The average Bonchev–Trinajstić information content (AvgIpc) is 3.07. The number of ketones is 1. The van der Waals surface area contributed by atoms with E-state index in [1.54, 1.807) is 10.6 Å². The molecule has 0 unspecified atom stereocenters. The van der Waals surface area contributed by atoms with Crippen molar-refractivity contribution >= 4 is 16.9 Å². The molecule has 4 heteroatoms. The van der Waals surface area contributed by atoms with Crippen LogP contribution in [0, 0.1) is 5.92 Å². The standard InChI is InChI=1S/C16H19NO3/c1-2-9-17-13-8-7-12(10-14(13)20-16(17)19)15(18)11-5-3-4-6-11/h7-8,10-11H,2-6,9H2,1H3. The number of Topliss-reactive ketones (excluding diaryl/α,β-unsaturated/α-hetero) is 1. The van der Waals surface area contributed by atoms with E-state index in [-0.39, 0.29) is 17.5 Å². The van der Waals surface area contributed by atoms with Crippen molar-refractivity contribution < 1.29 is 9.21 Å². The second-order valence-corrected chi connectivity index (χ2v) is 5.55. The molecule has 1 aromatic heterocycles. The van der Waals surface area contributed by atoms with Crippen molar-refractivity contribution in [1.82, 2.24) is 4.57 Å². The Morgan fingerprint density at radius 1 is 1.35 bits per heavy atom. The van der Waals surface area contributed by atoms with Gasteiger partial charge < -0.3 is 4.42 Å². The van der Waals surface area contributed by atoms with Gasteiger partial charge in [-0.25, -0.2) is 4.79 Å². The van der Waals surface area contributed by atoms with Gasteiger partial charge in [0, 0.05) is 18.0 Å². The molecule has 1 fully saturated rings. The zero-order valence-corrected chi connectivity index (χ0v) is 11.7. The third-order valence-corrected chi connectivity index (χ3v) is 4.13. The van der Waals surface area contributed by atoms with Gasteiger partial charge >= 0.3 is 5.76 Å². The number of aryl methyl sites for hydroxylation is 1. The quantitative estimate of drug-likeness (QED) is 0.802. The minimum Gasteiger partial charge on any atom is -0.408 e. The Balaban J connectivity index is 1.98. The van der Waals surface area contributed by atoms with Crippen LogP contribution >= 0.6 is 0 Å². The maximum absolute atomic E-state index is 12.4. The van der Waals surface area contributed by atoms with Crippen molar-refractivity contribution in [3.63, 3.8) is 0 Å². The molecule has 1 aromatic carbocycles. The van der Waals surface area contributed by atoms with Crippen LogP contribution in [0.3, 0.4) is 0 Å². The van der Waals surface area contributed by atoms with Crippen LogP contribution in [0.4, 0.5) is 0 Å². The molecule has 0 aliphatic heterocycles. The summed E-state index contributed by atoms with van der Waals surface area (Å²) in [7, 11) is 0. The van der Waals surface area contributed by atoms with Crippen LogP contribution < -0.4 is 5.76 Å². The molecule has 1 heterocycles. The molecule has 0 spiro atoms. The van der Waals surface area contributed by atoms with Crippen molar-refractivity contribution in [1.29, 1.82) is 0 Å². The van der Waals surface area contributed by atoms with Crippen LogP contribution in [0.5, 0.6) is 0 Å². The largest absolute Gasteiger partial charge is 0.419 e. The zero-order chi connectivity index (χ0) is 14.1. The molecule has 1 aliphatic rings. The Morgan fingerprint density at radius 2 is 2.10 bits per heavy atom. The number of benzene rings is 1. The van der Waals surface area contributed by atoms with Crippen LogP contribution in [0.15, 0.2) is 27.4 Å². The van der Waals surface area contributed by atoms with Crippen molar-refractivity contribution in [2.75, 3.05) is 0 Å². The summed E-state index contributed by atoms with van der Waals surface area (Å²) in [5, 5.41) is 0. The lowest BCUT2D eigenvalue weighted by molar-refractivity contribution is 0.0923. The van der Waals surface area contributed by atoms with E-state index in [1.807, 2.05) is 19.1 Å². The first-order chi connectivity index (χ1) is 9.70. The smallest absolute Gasteiger partial charge is 0.408 e. The van der Waals surface area contributed by atoms with E-state index < -0.39 is 0 Å². The van der Waals surface area contributed by atoms with E-state index in [9.17, 15) is 9.59 Å². The minimum atomic E-state index is -0.340. The molecule has 0 amide bonds. The van der Waals surface area contributed by atoms with Crippen molar-refractivity contribution in [3.05, 3.63) is 34.3 Å². The molecule has 20 heavy (non-hydrogen) atoms. The molecule has 1 saturated carbocycles. The predicted octanol–water partition coefficient (Wildman–Crippen LogP) is 3.38. The first kappa shape index (κ1) is 13.2. The number of rotatable bonds is 4. The van der Waals surface area contributed by atoms with Crippen LogP contribution in [-0.4, -0.2) is 10.4 Å². The molecule has 0 bridgehead atoms. The molecule has 0 radical (unpaired) electrons. The second kappa shape index (κ2) is 5.27. The van der Waals surface area contributed by atoms with Gasteiger partial charge in [-0.05, 0) is 37.5 Å². The fourth-order valence-corrected chi connectivity index (χ4v) is 3.08. The van der Waals surface area contributed by atoms with Gasteiger partial charge in [-0.3, -0.25) is 9.36 Å². The lowest BCUT2D eigenvalue weighted by atomic mass is 9.96. The molecule has 0 N–H and O–H groups in total. The van der Waals surface area contributed by atoms with Gasteiger partial charge in [0.15, 0.2) is 11.4 Å². The highest BCUT2D eigenvalue weighted by Gasteiger charge is 2.24. The fraction of sp³-hybridized carbons (Fsp3) is 0.500. The Hall–Kier alpha value is -1.84. The Bertz CT molecular complexity index is 689. The molecule has 0 atom stereocenters. The number of aromatic nitrogens is 1. The molecular formula is C16H19NO3. The number of nitrogens with zero attached hydrogens (tertiary/aromatic N) is 1. The molecule has 1 aliphatic carbocycles. The van der Waals surface area contributed by atoms with Gasteiger partial charge in [0.25, 0.3) is 0 Å². The highest BCUT2D eigenvalue weighted by Crippen LogP contribution is 2.29. The van der Waals surface area contributed by atoms with Gasteiger partial charge in [0.2, 0.25) is 0 Å². The summed E-state index contributed by atoms with van der Waals surface area (Å²) in [6.07, 6.45) is 5.12. The minimum absolute atomic E-state index is 0.150. The van der Waals surface area contributed by atoms with E-state index in [0.29, 0.717) is 17.7 Å².